The van der Waals surface area contributed by atoms with Crippen molar-refractivity contribution in [2.45, 2.75) is 20.5 Å². The third-order valence-corrected chi connectivity index (χ3v) is 5.10. The molecule has 1 heterocycles. The van der Waals surface area contributed by atoms with Crippen LogP contribution in [0.4, 0.5) is 0 Å². The normalized spacial score (nSPS) is 11.0. The molecule has 0 unspecified atom stereocenters. The van der Waals surface area contributed by atoms with E-state index in [0.29, 0.717) is 30.3 Å². The molecule has 1 aromatic heterocycles. The van der Waals surface area contributed by atoms with E-state index in [4.69, 9.17) is 18.6 Å². The molecule has 0 aliphatic heterocycles. The van der Waals surface area contributed by atoms with Crippen molar-refractivity contribution >= 4 is 23.1 Å². The molecule has 34 heavy (non-hydrogen) atoms. The van der Waals surface area contributed by atoms with Gasteiger partial charge in [-0.2, -0.15) is 5.10 Å². The van der Waals surface area contributed by atoms with Crippen LogP contribution in [-0.4, -0.2) is 25.8 Å². The van der Waals surface area contributed by atoms with Gasteiger partial charge in [0.2, 0.25) is 0 Å². The first-order valence-electron chi connectivity index (χ1n) is 10.9. The Balaban J connectivity index is 1.38. The molecule has 174 valence electrons. The van der Waals surface area contributed by atoms with Crippen LogP contribution in [0, 0.1) is 6.92 Å². The van der Waals surface area contributed by atoms with Crippen molar-refractivity contribution < 1.29 is 23.4 Å². The van der Waals surface area contributed by atoms with Crippen molar-refractivity contribution in [3.63, 3.8) is 0 Å². The molecule has 7 nitrogen and oxygen atoms in total. The number of ether oxygens (including phenoxy) is 3. The lowest BCUT2D eigenvalue weighted by Crippen LogP contribution is -2.16. The number of methoxy groups -OCH3 is 1. The Hall–Kier alpha value is -4.26. The number of hydrogen-bond donors (Lipinski definition) is 1. The maximum absolute atomic E-state index is 12.4. The molecule has 0 spiro atoms. The SMILES string of the molecule is CCOc1ccc2oc(C(=O)N/N=C/c3ccc(OCc4ccc(C)cc4)c(OC)c3)cc2c1. The summed E-state index contributed by atoms with van der Waals surface area (Å²) in [5.74, 6) is 1.64. The van der Waals surface area contributed by atoms with Crippen LogP contribution in [0.1, 0.15) is 34.2 Å². The number of benzene rings is 3. The second-order valence-electron chi connectivity index (χ2n) is 7.63. The van der Waals surface area contributed by atoms with E-state index in [9.17, 15) is 4.79 Å². The largest absolute Gasteiger partial charge is 0.494 e. The maximum atomic E-state index is 12.4. The summed E-state index contributed by atoms with van der Waals surface area (Å²) < 4.78 is 22.4. The van der Waals surface area contributed by atoms with Crippen molar-refractivity contribution in [3.8, 4) is 17.2 Å². The van der Waals surface area contributed by atoms with Gasteiger partial charge in [-0.05, 0) is 67.4 Å². The van der Waals surface area contributed by atoms with Gasteiger partial charge in [-0.25, -0.2) is 5.43 Å². The molecule has 0 fully saturated rings. The molecule has 7 heteroatoms. The zero-order valence-electron chi connectivity index (χ0n) is 19.3. The highest BCUT2D eigenvalue weighted by atomic mass is 16.5. The van der Waals surface area contributed by atoms with Crippen LogP contribution in [0.5, 0.6) is 17.2 Å². The summed E-state index contributed by atoms with van der Waals surface area (Å²) in [7, 11) is 1.58. The van der Waals surface area contributed by atoms with Gasteiger partial charge in [-0.3, -0.25) is 4.79 Å². The number of carbonyl (C=O) groups excluding carboxylic acids is 1. The number of fused-ring (bicyclic) bond motifs is 1. The number of hydrazone groups is 1. The molecule has 0 atom stereocenters. The fourth-order valence-electron chi connectivity index (χ4n) is 3.34. The smallest absolute Gasteiger partial charge is 0.307 e. The van der Waals surface area contributed by atoms with E-state index in [2.05, 4.69) is 10.5 Å². The predicted octanol–water partition coefficient (Wildman–Crippen LogP) is 5.49. The molecule has 0 saturated heterocycles. The molecule has 0 bridgehead atoms. The number of aryl methyl sites for hydroxylation is 1. The third-order valence-electron chi connectivity index (χ3n) is 5.10. The number of amides is 1. The van der Waals surface area contributed by atoms with Gasteiger partial charge in [-0.1, -0.05) is 29.8 Å². The second kappa shape index (κ2) is 10.6. The van der Waals surface area contributed by atoms with Crippen molar-refractivity contribution in [2.75, 3.05) is 13.7 Å². The zero-order chi connectivity index (χ0) is 23.9. The molecular formula is C27H26N2O5. The highest BCUT2D eigenvalue weighted by Crippen LogP contribution is 2.28. The van der Waals surface area contributed by atoms with Crippen LogP contribution in [-0.2, 0) is 6.61 Å². The van der Waals surface area contributed by atoms with Gasteiger partial charge in [0.1, 0.15) is 17.9 Å². The minimum atomic E-state index is -0.449. The van der Waals surface area contributed by atoms with Crippen LogP contribution in [0.2, 0.25) is 0 Å². The van der Waals surface area contributed by atoms with E-state index in [1.165, 1.54) is 11.8 Å². The molecule has 4 rings (SSSR count). The number of nitrogens with zero attached hydrogens (tertiary/aromatic N) is 1. The Labute approximate surface area is 197 Å². The van der Waals surface area contributed by atoms with E-state index in [-0.39, 0.29) is 5.76 Å². The fraction of sp³-hybridized carbons (Fsp3) is 0.185. The monoisotopic (exact) mass is 458 g/mol. The van der Waals surface area contributed by atoms with E-state index >= 15 is 0 Å². The number of furan rings is 1. The topological polar surface area (TPSA) is 82.3 Å². The van der Waals surface area contributed by atoms with Gasteiger partial charge in [0.25, 0.3) is 0 Å². The summed E-state index contributed by atoms with van der Waals surface area (Å²) >= 11 is 0. The molecule has 1 amide bonds. The lowest BCUT2D eigenvalue weighted by molar-refractivity contribution is 0.0929. The van der Waals surface area contributed by atoms with Crippen molar-refractivity contribution in [2.24, 2.45) is 5.10 Å². The predicted molar refractivity (Wildman–Crippen MR) is 131 cm³/mol. The van der Waals surface area contributed by atoms with Gasteiger partial charge in [-0.15, -0.1) is 0 Å². The van der Waals surface area contributed by atoms with Crippen LogP contribution in [0.25, 0.3) is 11.0 Å². The van der Waals surface area contributed by atoms with Crippen molar-refractivity contribution in [1.82, 2.24) is 5.43 Å². The molecular weight excluding hydrogens is 432 g/mol. The first-order valence-corrected chi connectivity index (χ1v) is 10.9. The van der Waals surface area contributed by atoms with Crippen molar-refractivity contribution in [3.05, 3.63) is 89.2 Å². The Bertz CT molecular complexity index is 1310. The van der Waals surface area contributed by atoms with E-state index in [1.807, 2.05) is 56.3 Å². The Kier molecular flexibility index (Phi) is 7.13. The van der Waals surface area contributed by atoms with Gasteiger partial charge < -0.3 is 18.6 Å². The van der Waals surface area contributed by atoms with E-state index in [1.54, 1.807) is 31.4 Å². The standard InChI is InChI=1S/C27H26N2O5/c1-4-32-22-10-12-23-21(14-22)15-26(34-23)27(30)29-28-16-20-9-11-24(25(13-20)31-3)33-17-19-7-5-18(2)6-8-19/h5-16H,4,17H2,1-3H3,(H,29,30)/b28-16+. The minimum absolute atomic E-state index is 0.165. The Morgan fingerprint density at radius 2 is 1.82 bits per heavy atom. The van der Waals surface area contributed by atoms with E-state index < -0.39 is 5.91 Å². The van der Waals surface area contributed by atoms with Gasteiger partial charge >= 0.3 is 5.91 Å². The first-order chi connectivity index (χ1) is 16.6. The number of hydrogen-bond acceptors (Lipinski definition) is 6. The van der Waals surface area contributed by atoms with Crippen molar-refractivity contribution in [1.29, 1.82) is 0 Å². The molecule has 0 aliphatic carbocycles. The van der Waals surface area contributed by atoms with Crippen LogP contribution in [0.3, 0.4) is 0 Å². The summed E-state index contributed by atoms with van der Waals surface area (Å²) in [5.41, 5.74) is 6.10. The summed E-state index contributed by atoms with van der Waals surface area (Å²) in [5, 5.41) is 4.82. The van der Waals surface area contributed by atoms with Crippen LogP contribution in [0.15, 0.2) is 76.2 Å². The quantitative estimate of drug-likeness (QED) is 0.265. The number of rotatable bonds is 9. The number of carbonyl (C=O) groups is 1. The Morgan fingerprint density at radius 3 is 2.59 bits per heavy atom. The lowest BCUT2D eigenvalue weighted by atomic mass is 10.2. The minimum Gasteiger partial charge on any atom is -0.494 e. The third kappa shape index (κ3) is 5.56. The number of nitrogens with one attached hydrogen (secondary N) is 1. The van der Waals surface area contributed by atoms with E-state index in [0.717, 1.165) is 22.3 Å². The van der Waals surface area contributed by atoms with Gasteiger partial charge in [0.15, 0.2) is 17.3 Å². The summed E-state index contributed by atoms with van der Waals surface area (Å²) in [4.78, 5) is 12.4. The average molecular weight is 459 g/mol. The fourth-order valence-corrected chi connectivity index (χ4v) is 3.34. The Morgan fingerprint density at radius 1 is 1.00 bits per heavy atom. The maximum Gasteiger partial charge on any atom is 0.307 e. The van der Waals surface area contributed by atoms with Crippen LogP contribution < -0.4 is 19.6 Å². The van der Waals surface area contributed by atoms with Crippen LogP contribution >= 0.6 is 0 Å². The molecule has 0 aliphatic rings. The highest BCUT2D eigenvalue weighted by Gasteiger charge is 2.12. The highest BCUT2D eigenvalue weighted by molar-refractivity contribution is 5.96. The summed E-state index contributed by atoms with van der Waals surface area (Å²) in [6.45, 7) is 4.96. The lowest BCUT2D eigenvalue weighted by Gasteiger charge is -2.11. The molecule has 3 aromatic carbocycles. The average Bonchev–Trinajstić information content (AvgIpc) is 3.28. The summed E-state index contributed by atoms with van der Waals surface area (Å²) in [6.07, 6.45) is 1.53. The first kappa shape index (κ1) is 22.9. The molecule has 0 radical (unpaired) electrons. The molecule has 4 aromatic rings. The molecule has 0 saturated carbocycles. The van der Waals surface area contributed by atoms with Gasteiger partial charge in [0, 0.05) is 5.39 Å². The zero-order valence-corrected chi connectivity index (χ0v) is 19.3. The molecule has 1 N–H and O–H groups in total. The summed E-state index contributed by atoms with van der Waals surface area (Å²) in [6, 6.07) is 20.7. The second-order valence-corrected chi connectivity index (χ2v) is 7.63. The van der Waals surface area contributed by atoms with Gasteiger partial charge in [0.05, 0.1) is 19.9 Å².